The third-order valence-corrected chi connectivity index (χ3v) is 5.44. The van der Waals surface area contributed by atoms with Crippen LogP contribution in [0.15, 0.2) is 30.3 Å². The number of nitrogens with zero attached hydrogens (tertiary/aromatic N) is 1. The molecule has 0 aliphatic heterocycles. The first-order chi connectivity index (χ1) is 13.0. The van der Waals surface area contributed by atoms with Gasteiger partial charge in [0.05, 0.1) is 13.0 Å². The number of carbonyl (C=O) groups is 2. The maximum atomic E-state index is 12.5. The molecule has 5 nitrogen and oxygen atoms in total. The van der Waals surface area contributed by atoms with E-state index in [1.807, 2.05) is 32.0 Å². The summed E-state index contributed by atoms with van der Waals surface area (Å²) < 4.78 is 12.5. The molecule has 5 heteroatoms. The van der Waals surface area contributed by atoms with Crippen LogP contribution in [0.5, 0.6) is 5.75 Å². The molecule has 1 heterocycles. The molecule has 2 aromatic rings. The van der Waals surface area contributed by atoms with Gasteiger partial charge in [0.2, 0.25) is 5.78 Å². The fraction of sp³-hybridized carbons (Fsp3) is 0.455. The van der Waals surface area contributed by atoms with E-state index in [-0.39, 0.29) is 24.3 Å². The Bertz CT molecular complexity index is 816. The van der Waals surface area contributed by atoms with E-state index in [4.69, 9.17) is 9.47 Å². The number of hydrogen-bond acceptors (Lipinski definition) is 4. The molecule has 0 atom stereocenters. The number of aryl methyl sites for hydroxylation is 2. The summed E-state index contributed by atoms with van der Waals surface area (Å²) in [6.45, 7) is 4.57. The number of ketones is 1. The van der Waals surface area contributed by atoms with Crippen LogP contribution in [-0.4, -0.2) is 30.0 Å². The minimum Gasteiger partial charge on any atom is -0.497 e. The minimum atomic E-state index is -0.233. The lowest BCUT2D eigenvalue weighted by Gasteiger charge is -2.22. The summed E-state index contributed by atoms with van der Waals surface area (Å²) in [5.74, 6) is 0.473. The zero-order valence-electron chi connectivity index (χ0n) is 16.3. The Labute approximate surface area is 160 Å². The number of hydrogen-bond donors (Lipinski definition) is 0. The average Bonchev–Trinajstić information content (AvgIpc) is 2.91. The third kappa shape index (κ3) is 4.41. The molecule has 0 bridgehead atoms. The number of methoxy groups -OCH3 is 1. The quantitative estimate of drug-likeness (QED) is 0.523. The molecule has 144 valence electrons. The largest absolute Gasteiger partial charge is 0.497 e. The van der Waals surface area contributed by atoms with Crippen LogP contribution in [-0.2, 0) is 22.5 Å². The molecule has 0 amide bonds. The smallest absolute Gasteiger partial charge is 0.309 e. The second-order valence-electron chi connectivity index (χ2n) is 7.19. The zero-order valence-corrected chi connectivity index (χ0v) is 16.3. The average molecular weight is 369 g/mol. The van der Waals surface area contributed by atoms with Crippen molar-refractivity contribution in [2.75, 3.05) is 13.7 Å². The molecule has 0 unspecified atom stereocenters. The van der Waals surface area contributed by atoms with Gasteiger partial charge in [-0.2, -0.15) is 0 Å². The van der Waals surface area contributed by atoms with Gasteiger partial charge in [-0.05, 0) is 56.9 Å². The third-order valence-electron chi connectivity index (χ3n) is 5.44. The maximum absolute atomic E-state index is 12.5. The number of Topliss-reactive ketones (excluding diaryl/α,β-unsaturated/α-hetero) is 1. The number of esters is 1. The van der Waals surface area contributed by atoms with E-state index in [9.17, 15) is 9.59 Å². The van der Waals surface area contributed by atoms with E-state index in [2.05, 4.69) is 16.7 Å². The first kappa shape index (κ1) is 19.2. The van der Waals surface area contributed by atoms with Gasteiger partial charge in [-0.15, -0.1) is 0 Å². The summed E-state index contributed by atoms with van der Waals surface area (Å²) in [5, 5.41) is 0. The number of aromatic nitrogens is 1. The molecule has 1 fully saturated rings. The van der Waals surface area contributed by atoms with Crippen molar-refractivity contribution in [3.05, 3.63) is 52.8 Å². The summed E-state index contributed by atoms with van der Waals surface area (Å²) in [5.41, 5.74) is 3.81. The summed E-state index contributed by atoms with van der Waals surface area (Å²) in [4.78, 5) is 24.3. The highest BCUT2D eigenvalue weighted by atomic mass is 16.5. The normalized spacial score (nSPS) is 13.9. The van der Waals surface area contributed by atoms with Crippen molar-refractivity contribution >= 4 is 11.8 Å². The van der Waals surface area contributed by atoms with E-state index in [1.165, 1.54) is 5.56 Å². The van der Waals surface area contributed by atoms with Gasteiger partial charge in [0.1, 0.15) is 5.75 Å². The molecular formula is C22H27NO4. The number of rotatable bonds is 8. The van der Waals surface area contributed by atoms with Crippen LogP contribution < -0.4 is 4.74 Å². The highest BCUT2D eigenvalue weighted by Crippen LogP contribution is 2.27. The second-order valence-corrected chi connectivity index (χ2v) is 7.19. The number of ether oxygens (including phenoxy) is 2. The Morgan fingerprint density at radius 2 is 1.85 bits per heavy atom. The van der Waals surface area contributed by atoms with Crippen LogP contribution in [0.4, 0.5) is 0 Å². The van der Waals surface area contributed by atoms with Crippen LogP contribution in [0.25, 0.3) is 0 Å². The molecule has 3 rings (SSSR count). The summed E-state index contributed by atoms with van der Waals surface area (Å²) in [7, 11) is 1.66. The Kier molecular flexibility index (Phi) is 5.99. The molecule has 1 aliphatic rings. The van der Waals surface area contributed by atoms with E-state index < -0.39 is 0 Å². The predicted molar refractivity (Wildman–Crippen MR) is 103 cm³/mol. The molecule has 1 aliphatic carbocycles. The van der Waals surface area contributed by atoms with Gasteiger partial charge in [-0.1, -0.05) is 18.6 Å². The van der Waals surface area contributed by atoms with Gasteiger partial charge in [0, 0.05) is 23.5 Å². The van der Waals surface area contributed by atoms with Gasteiger partial charge in [0.15, 0.2) is 6.61 Å². The number of carbonyl (C=O) groups excluding carboxylic acids is 2. The van der Waals surface area contributed by atoms with Crippen molar-refractivity contribution < 1.29 is 19.1 Å². The van der Waals surface area contributed by atoms with Crippen LogP contribution in [0.2, 0.25) is 0 Å². The lowest BCUT2D eigenvalue weighted by Crippen LogP contribution is -2.26. The molecule has 0 N–H and O–H groups in total. The Morgan fingerprint density at radius 3 is 2.44 bits per heavy atom. The van der Waals surface area contributed by atoms with Crippen molar-refractivity contribution in [3.63, 3.8) is 0 Å². The fourth-order valence-electron chi connectivity index (χ4n) is 3.44. The molecule has 1 aromatic carbocycles. The van der Waals surface area contributed by atoms with Gasteiger partial charge in [-0.25, -0.2) is 0 Å². The lowest BCUT2D eigenvalue weighted by atomic mass is 9.86. The second kappa shape index (κ2) is 8.42. The van der Waals surface area contributed by atoms with Crippen LogP contribution in [0.1, 0.15) is 46.6 Å². The standard InChI is InChI=1S/C22H27NO4/c1-15-13-20(21(24)14-27-22(25)18-5-4-6-18)16(2)23(15)12-11-17-7-9-19(26-3)10-8-17/h7-10,13,18H,4-6,11-12,14H2,1-3H3. The molecule has 1 saturated carbocycles. The molecule has 0 spiro atoms. The van der Waals surface area contributed by atoms with Crippen molar-refractivity contribution in [2.45, 2.75) is 46.1 Å². The first-order valence-electron chi connectivity index (χ1n) is 9.49. The minimum absolute atomic E-state index is 0.00488. The van der Waals surface area contributed by atoms with Gasteiger partial charge in [-0.3, -0.25) is 9.59 Å². The van der Waals surface area contributed by atoms with Crippen molar-refractivity contribution in [3.8, 4) is 5.75 Å². The number of benzene rings is 1. The van der Waals surface area contributed by atoms with Crippen LogP contribution in [0, 0.1) is 19.8 Å². The monoisotopic (exact) mass is 369 g/mol. The Balaban J connectivity index is 1.60. The molecule has 27 heavy (non-hydrogen) atoms. The zero-order chi connectivity index (χ0) is 19.4. The first-order valence-corrected chi connectivity index (χ1v) is 9.49. The van der Waals surface area contributed by atoms with Gasteiger partial charge < -0.3 is 14.0 Å². The fourth-order valence-corrected chi connectivity index (χ4v) is 3.44. The SMILES string of the molecule is COc1ccc(CCn2c(C)cc(C(=O)COC(=O)C3CCC3)c2C)cc1. The highest BCUT2D eigenvalue weighted by Gasteiger charge is 2.27. The highest BCUT2D eigenvalue weighted by molar-refractivity contribution is 5.99. The van der Waals surface area contributed by atoms with Crippen LogP contribution >= 0.6 is 0 Å². The summed E-state index contributed by atoms with van der Waals surface area (Å²) >= 11 is 0. The van der Waals surface area contributed by atoms with E-state index in [0.29, 0.717) is 5.56 Å². The molecule has 1 aromatic heterocycles. The van der Waals surface area contributed by atoms with Gasteiger partial charge in [0.25, 0.3) is 0 Å². The van der Waals surface area contributed by atoms with E-state index in [1.54, 1.807) is 7.11 Å². The summed E-state index contributed by atoms with van der Waals surface area (Å²) in [6.07, 6.45) is 3.70. The molecular weight excluding hydrogens is 342 g/mol. The van der Waals surface area contributed by atoms with Crippen molar-refractivity contribution in [1.82, 2.24) is 4.57 Å². The maximum Gasteiger partial charge on any atom is 0.309 e. The summed E-state index contributed by atoms with van der Waals surface area (Å²) in [6, 6.07) is 9.91. The van der Waals surface area contributed by atoms with Crippen molar-refractivity contribution in [2.24, 2.45) is 5.92 Å². The molecule has 0 saturated heterocycles. The lowest BCUT2D eigenvalue weighted by molar-refractivity contribution is -0.150. The van der Waals surface area contributed by atoms with E-state index >= 15 is 0 Å². The molecule has 0 radical (unpaired) electrons. The van der Waals surface area contributed by atoms with E-state index in [0.717, 1.165) is 49.4 Å². The van der Waals surface area contributed by atoms with Crippen LogP contribution in [0.3, 0.4) is 0 Å². The van der Waals surface area contributed by atoms with Crippen molar-refractivity contribution in [1.29, 1.82) is 0 Å². The van der Waals surface area contributed by atoms with Gasteiger partial charge >= 0.3 is 5.97 Å². The topological polar surface area (TPSA) is 57.5 Å². The Hall–Kier alpha value is -2.56. The predicted octanol–water partition coefficient (Wildman–Crippen LogP) is 3.88. The Morgan fingerprint density at radius 1 is 1.15 bits per heavy atom.